The quantitative estimate of drug-likeness (QED) is 0.515. The zero-order chi connectivity index (χ0) is 17.6. The number of halogens is 1. The molecule has 2 aromatic heterocycles. The summed E-state index contributed by atoms with van der Waals surface area (Å²) in [5.41, 5.74) is 4.90. The topological polar surface area (TPSA) is 44.0 Å². The van der Waals surface area contributed by atoms with Gasteiger partial charge in [0.2, 0.25) is 0 Å². The number of hydrogen-bond donors (Lipinski definition) is 2. The summed E-state index contributed by atoms with van der Waals surface area (Å²) in [6.45, 7) is 4.32. The van der Waals surface area contributed by atoms with Crippen LogP contribution in [-0.2, 0) is 0 Å². The zero-order valence-electron chi connectivity index (χ0n) is 14.6. The predicted molar refractivity (Wildman–Crippen MR) is 113 cm³/mol. The van der Waals surface area contributed by atoms with Gasteiger partial charge in [0.1, 0.15) is 0 Å². The molecule has 4 nitrogen and oxygen atoms in total. The molecule has 0 amide bonds. The maximum absolute atomic E-state index is 5.80. The van der Waals surface area contributed by atoms with Crippen LogP contribution in [0.4, 0.5) is 0 Å². The number of H-pyrrole nitrogens is 1. The highest BCUT2D eigenvalue weighted by Gasteiger charge is 2.45. The van der Waals surface area contributed by atoms with Crippen LogP contribution in [0.3, 0.4) is 0 Å². The second-order valence-electron chi connectivity index (χ2n) is 7.07. The smallest absolute Gasteiger partial charge is 0.170 e. The van der Waals surface area contributed by atoms with Crippen LogP contribution in [0.1, 0.15) is 60.4 Å². The van der Waals surface area contributed by atoms with E-state index in [1.807, 2.05) is 12.3 Å². The minimum atomic E-state index is 0.0942. The second kappa shape index (κ2) is 6.87. The highest BCUT2D eigenvalue weighted by Crippen LogP contribution is 2.45. The Balaban J connectivity index is 1.83. The third-order valence-corrected chi connectivity index (χ3v) is 7.21. The van der Waals surface area contributed by atoms with Crippen molar-refractivity contribution in [2.24, 2.45) is 0 Å². The molecule has 1 aliphatic heterocycles. The summed E-state index contributed by atoms with van der Waals surface area (Å²) < 4.78 is 1.32. The van der Waals surface area contributed by atoms with Crippen molar-refractivity contribution in [2.75, 3.05) is 0 Å². The number of nitrogens with zero attached hydrogens (tertiary/aromatic N) is 2. The van der Waals surface area contributed by atoms with Crippen LogP contribution >= 0.6 is 34.8 Å². The molecule has 2 aromatic rings. The number of rotatable bonds is 3. The Labute approximate surface area is 167 Å². The Morgan fingerprint density at radius 2 is 1.96 bits per heavy atom. The van der Waals surface area contributed by atoms with Crippen LogP contribution in [0.5, 0.6) is 0 Å². The highest BCUT2D eigenvalue weighted by atomic mass is 127. The molecule has 2 aliphatic rings. The average molecular weight is 466 g/mol. The maximum atomic E-state index is 5.80. The van der Waals surface area contributed by atoms with Crippen molar-refractivity contribution in [1.29, 1.82) is 0 Å². The molecule has 132 valence electrons. The summed E-state index contributed by atoms with van der Waals surface area (Å²) in [4.78, 5) is 10.6. The Morgan fingerprint density at radius 1 is 1.20 bits per heavy atom. The molecule has 0 spiro atoms. The van der Waals surface area contributed by atoms with Gasteiger partial charge in [-0.2, -0.15) is 0 Å². The Bertz CT molecular complexity index is 782. The lowest BCUT2D eigenvalue weighted by Gasteiger charge is -2.33. The first-order valence-corrected chi connectivity index (χ1v) is 10.4. The van der Waals surface area contributed by atoms with E-state index in [-0.39, 0.29) is 12.1 Å². The molecule has 2 atom stereocenters. The van der Waals surface area contributed by atoms with E-state index >= 15 is 0 Å². The molecule has 4 rings (SSSR count). The Morgan fingerprint density at radius 3 is 2.56 bits per heavy atom. The molecule has 0 radical (unpaired) electrons. The minimum Gasteiger partial charge on any atom is -0.362 e. The summed E-state index contributed by atoms with van der Waals surface area (Å²) in [6.07, 6.45) is 6.92. The van der Waals surface area contributed by atoms with Crippen molar-refractivity contribution in [1.82, 2.24) is 20.2 Å². The Kier molecular flexibility index (Phi) is 4.75. The van der Waals surface area contributed by atoms with Gasteiger partial charge in [-0.15, -0.1) is 0 Å². The summed E-state index contributed by atoms with van der Waals surface area (Å²) in [5.74, 6) is 0. The number of aryl methyl sites for hydroxylation is 2. The Hall–Kier alpha value is -1.15. The summed E-state index contributed by atoms with van der Waals surface area (Å²) in [7, 11) is 0. The monoisotopic (exact) mass is 466 g/mol. The fourth-order valence-electron chi connectivity index (χ4n) is 4.37. The van der Waals surface area contributed by atoms with Crippen LogP contribution in [0.25, 0.3) is 0 Å². The first-order chi connectivity index (χ1) is 12.1. The lowest BCUT2D eigenvalue weighted by atomic mass is 9.95. The van der Waals surface area contributed by atoms with Gasteiger partial charge < -0.3 is 15.2 Å². The van der Waals surface area contributed by atoms with Gasteiger partial charge >= 0.3 is 0 Å². The molecule has 2 fully saturated rings. The summed E-state index contributed by atoms with van der Waals surface area (Å²) in [5, 5.41) is 4.46. The van der Waals surface area contributed by atoms with E-state index in [0.717, 1.165) is 10.8 Å². The molecule has 1 saturated heterocycles. The van der Waals surface area contributed by atoms with E-state index < -0.39 is 0 Å². The van der Waals surface area contributed by atoms with Gasteiger partial charge in [-0.05, 0) is 73.6 Å². The number of nitrogens with one attached hydrogen (secondary N) is 2. The van der Waals surface area contributed by atoms with Gasteiger partial charge in [-0.25, -0.2) is 0 Å². The van der Waals surface area contributed by atoms with Crippen molar-refractivity contribution >= 4 is 39.9 Å². The largest absolute Gasteiger partial charge is 0.362 e. The van der Waals surface area contributed by atoms with Crippen LogP contribution in [-0.4, -0.2) is 26.0 Å². The van der Waals surface area contributed by atoms with E-state index in [1.54, 1.807) is 0 Å². The third-order valence-electron chi connectivity index (χ3n) is 5.49. The van der Waals surface area contributed by atoms with E-state index in [4.69, 9.17) is 12.2 Å². The van der Waals surface area contributed by atoms with Crippen molar-refractivity contribution in [2.45, 2.75) is 57.7 Å². The number of hydrogen-bond acceptors (Lipinski definition) is 2. The van der Waals surface area contributed by atoms with Gasteiger partial charge in [0.25, 0.3) is 0 Å². The minimum absolute atomic E-state index is 0.0942. The molecule has 2 N–H and O–H groups in total. The lowest BCUT2D eigenvalue weighted by molar-refractivity contribution is 0.244. The van der Waals surface area contributed by atoms with Crippen molar-refractivity contribution < 1.29 is 0 Å². The number of aromatic nitrogens is 2. The van der Waals surface area contributed by atoms with Gasteiger partial charge in [0, 0.05) is 32.8 Å². The number of pyridine rings is 1. The molecule has 6 heteroatoms. The van der Waals surface area contributed by atoms with E-state index in [0.29, 0.717) is 6.04 Å². The lowest BCUT2D eigenvalue weighted by Crippen LogP contribution is -2.37. The van der Waals surface area contributed by atoms with E-state index in [1.165, 1.54) is 46.2 Å². The zero-order valence-corrected chi connectivity index (χ0v) is 17.5. The fraction of sp³-hybridized carbons (Fsp3) is 0.474. The molecule has 1 aliphatic carbocycles. The van der Waals surface area contributed by atoms with Gasteiger partial charge in [0.05, 0.1) is 17.8 Å². The first kappa shape index (κ1) is 17.3. The van der Waals surface area contributed by atoms with Gasteiger partial charge in [-0.3, -0.25) is 4.98 Å². The van der Waals surface area contributed by atoms with Crippen molar-refractivity contribution in [3.63, 3.8) is 0 Å². The molecule has 0 aromatic carbocycles. The fourth-order valence-corrected chi connectivity index (χ4v) is 5.62. The first-order valence-electron chi connectivity index (χ1n) is 8.92. The molecule has 2 unspecified atom stereocenters. The van der Waals surface area contributed by atoms with E-state index in [2.05, 4.69) is 68.8 Å². The van der Waals surface area contributed by atoms with Gasteiger partial charge in [0.15, 0.2) is 5.11 Å². The average Bonchev–Trinajstić information content (AvgIpc) is 3.28. The molecular formula is C19H23IN4S. The molecule has 25 heavy (non-hydrogen) atoms. The summed E-state index contributed by atoms with van der Waals surface area (Å²) >= 11 is 8.27. The molecule has 0 bridgehead atoms. The standard InChI is InChI=1S/C19H23IN4S/c1-11-15(16(20)12(2)22-11)18-17(14-9-5-6-10-21-14)23-19(25)24(18)13-7-3-4-8-13/h5-6,9-10,13,17-18,22H,3-4,7-8H2,1-2H3,(H,23,25). The summed E-state index contributed by atoms with van der Waals surface area (Å²) in [6, 6.07) is 6.95. The highest BCUT2D eigenvalue weighted by molar-refractivity contribution is 14.1. The number of aromatic amines is 1. The maximum Gasteiger partial charge on any atom is 0.170 e. The van der Waals surface area contributed by atoms with E-state index in [9.17, 15) is 0 Å². The third kappa shape index (κ3) is 2.97. The van der Waals surface area contributed by atoms with Crippen LogP contribution in [0.2, 0.25) is 0 Å². The second-order valence-corrected chi connectivity index (χ2v) is 8.54. The SMILES string of the molecule is Cc1[nH]c(C)c(C2C(c3ccccn3)NC(=S)N2C2CCCC2)c1I. The number of thiocarbonyl (C=S) groups is 1. The molecule has 3 heterocycles. The normalized spacial score (nSPS) is 24.1. The van der Waals surface area contributed by atoms with Crippen molar-refractivity contribution in [3.8, 4) is 0 Å². The van der Waals surface area contributed by atoms with Crippen LogP contribution < -0.4 is 5.32 Å². The molecule has 1 saturated carbocycles. The van der Waals surface area contributed by atoms with Crippen LogP contribution in [0.15, 0.2) is 24.4 Å². The van der Waals surface area contributed by atoms with Crippen LogP contribution in [0, 0.1) is 17.4 Å². The molecular weight excluding hydrogens is 443 g/mol. The van der Waals surface area contributed by atoms with Gasteiger partial charge in [-0.1, -0.05) is 18.9 Å². The van der Waals surface area contributed by atoms with Crippen molar-refractivity contribution in [3.05, 3.63) is 50.6 Å². The predicted octanol–water partition coefficient (Wildman–Crippen LogP) is 4.55.